The lowest BCUT2D eigenvalue weighted by Gasteiger charge is -2.36. The number of amides is 3. The maximum atomic E-state index is 13.7. The number of anilines is 2. The van der Waals surface area contributed by atoms with Crippen molar-refractivity contribution in [2.24, 2.45) is 0 Å². The Morgan fingerprint density at radius 2 is 1.67 bits per heavy atom. The van der Waals surface area contributed by atoms with Crippen molar-refractivity contribution in [1.82, 2.24) is 14.7 Å². The zero-order chi connectivity index (χ0) is 32.1. The highest BCUT2D eigenvalue weighted by Gasteiger charge is 2.30. The Hall–Kier alpha value is -4.79. The van der Waals surface area contributed by atoms with Gasteiger partial charge in [-0.25, -0.2) is 9.48 Å². The van der Waals surface area contributed by atoms with Gasteiger partial charge in [0.05, 0.1) is 31.2 Å². The van der Waals surface area contributed by atoms with Gasteiger partial charge in [-0.3, -0.25) is 10.1 Å². The molecule has 1 aliphatic heterocycles. The molecular formula is C36H43N5O4. The Labute approximate surface area is 265 Å². The number of aryl methyl sites for hydroxylation is 1. The lowest BCUT2D eigenvalue weighted by atomic mass is 9.92. The van der Waals surface area contributed by atoms with E-state index in [-0.39, 0.29) is 23.4 Å². The van der Waals surface area contributed by atoms with Gasteiger partial charge in [0.1, 0.15) is 5.82 Å². The Balaban J connectivity index is 1.26. The average molecular weight is 610 g/mol. The summed E-state index contributed by atoms with van der Waals surface area (Å²) in [6.45, 7) is 9.02. The van der Waals surface area contributed by atoms with Crippen molar-refractivity contribution in [3.8, 4) is 17.2 Å². The number of carbonyl (C=O) groups excluding carboxylic acids is 2. The van der Waals surface area contributed by atoms with E-state index in [2.05, 4.69) is 31.4 Å². The summed E-state index contributed by atoms with van der Waals surface area (Å²) in [6.07, 6.45) is 3.67. The molecule has 1 aliphatic rings. The number of benzene rings is 3. The second-order valence-corrected chi connectivity index (χ2v) is 12.6. The molecule has 0 aliphatic carbocycles. The second-order valence-electron chi connectivity index (χ2n) is 12.6. The molecule has 3 amide bonds. The van der Waals surface area contributed by atoms with E-state index in [4.69, 9.17) is 14.6 Å². The largest absolute Gasteiger partial charge is 0.493 e. The molecule has 1 saturated heterocycles. The first-order valence-electron chi connectivity index (χ1n) is 15.4. The average Bonchev–Trinajstić information content (AvgIpc) is 3.46. The number of ether oxygens (including phenoxy) is 2. The van der Waals surface area contributed by atoms with E-state index >= 15 is 0 Å². The predicted molar refractivity (Wildman–Crippen MR) is 178 cm³/mol. The van der Waals surface area contributed by atoms with Gasteiger partial charge in [-0.2, -0.15) is 5.10 Å². The monoisotopic (exact) mass is 609 g/mol. The summed E-state index contributed by atoms with van der Waals surface area (Å²) in [6, 6.07) is 22.9. The van der Waals surface area contributed by atoms with Gasteiger partial charge >= 0.3 is 6.03 Å². The van der Waals surface area contributed by atoms with Gasteiger partial charge in [-0.1, -0.05) is 56.7 Å². The second kappa shape index (κ2) is 13.5. The van der Waals surface area contributed by atoms with Crippen LogP contribution in [-0.2, 0) is 11.8 Å². The minimum absolute atomic E-state index is 0.0510. The molecule has 236 valence electrons. The van der Waals surface area contributed by atoms with Crippen LogP contribution in [0.1, 0.15) is 67.2 Å². The minimum atomic E-state index is -0.354. The summed E-state index contributed by atoms with van der Waals surface area (Å²) < 4.78 is 12.7. The topological polar surface area (TPSA) is 97.7 Å². The molecule has 0 spiro atoms. The van der Waals surface area contributed by atoms with E-state index in [0.717, 1.165) is 48.2 Å². The van der Waals surface area contributed by atoms with Crippen molar-refractivity contribution < 1.29 is 19.1 Å². The fourth-order valence-corrected chi connectivity index (χ4v) is 5.68. The van der Waals surface area contributed by atoms with Crippen LogP contribution in [0.25, 0.3) is 5.69 Å². The van der Waals surface area contributed by atoms with E-state index < -0.39 is 0 Å². The van der Waals surface area contributed by atoms with Crippen LogP contribution < -0.4 is 20.1 Å². The number of aromatic nitrogens is 2. The van der Waals surface area contributed by atoms with Crippen LogP contribution in [0.3, 0.4) is 0 Å². The van der Waals surface area contributed by atoms with E-state index in [1.165, 1.54) is 0 Å². The summed E-state index contributed by atoms with van der Waals surface area (Å²) in [5.74, 6) is 1.54. The van der Waals surface area contributed by atoms with Crippen molar-refractivity contribution in [3.05, 3.63) is 95.2 Å². The van der Waals surface area contributed by atoms with Gasteiger partial charge < -0.3 is 19.7 Å². The van der Waals surface area contributed by atoms with Gasteiger partial charge in [-0.05, 0) is 74.6 Å². The molecule has 2 heterocycles. The zero-order valence-electron chi connectivity index (χ0n) is 27.0. The number of nitrogens with one attached hydrogen (secondary N) is 2. The van der Waals surface area contributed by atoms with Crippen LogP contribution in [-0.4, -0.2) is 53.4 Å². The smallest absolute Gasteiger partial charge is 0.324 e. The summed E-state index contributed by atoms with van der Waals surface area (Å²) in [5, 5.41) is 10.7. The Bertz CT molecular complexity index is 1640. The molecule has 1 atom stereocenters. The molecule has 0 saturated carbocycles. The molecule has 4 aromatic rings. The highest BCUT2D eigenvalue weighted by atomic mass is 16.5. The van der Waals surface area contributed by atoms with Crippen LogP contribution in [0.4, 0.5) is 16.3 Å². The summed E-state index contributed by atoms with van der Waals surface area (Å²) in [4.78, 5) is 28.8. The minimum Gasteiger partial charge on any atom is -0.493 e. The first-order valence-corrected chi connectivity index (χ1v) is 15.4. The Kier molecular flexibility index (Phi) is 9.46. The normalized spacial score (nSPS) is 15.0. The Morgan fingerprint density at radius 1 is 0.933 bits per heavy atom. The van der Waals surface area contributed by atoms with E-state index in [9.17, 15) is 9.59 Å². The van der Waals surface area contributed by atoms with Crippen LogP contribution in [0.15, 0.2) is 72.8 Å². The van der Waals surface area contributed by atoms with Gasteiger partial charge in [0, 0.05) is 29.8 Å². The molecule has 45 heavy (non-hydrogen) atoms. The van der Waals surface area contributed by atoms with Gasteiger partial charge in [0.25, 0.3) is 5.91 Å². The predicted octanol–water partition coefficient (Wildman–Crippen LogP) is 7.38. The molecule has 1 fully saturated rings. The summed E-state index contributed by atoms with van der Waals surface area (Å²) in [5.41, 5.74) is 4.99. The van der Waals surface area contributed by atoms with Crippen LogP contribution in [0.2, 0.25) is 0 Å². The maximum absolute atomic E-state index is 13.7. The fraction of sp³-hybridized carbons (Fsp3) is 0.361. The number of para-hydroxylation sites is 1. The molecule has 0 bridgehead atoms. The SMILES string of the molecule is COc1cccc(C(=O)N2CCCCC2Cc2ccc(NC(=O)Nc3cc(C(C)(C)C)nn3-c3ccc(C)cc3)cc2)c1OC. The van der Waals surface area contributed by atoms with E-state index in [1.54, 1.807) is 31.0 Å². The maximum Gasteiger partial charge on any atom is 0.324 e. The summed E-state index contributed by atoms with van der Waals surface area (Å²) in [7, 11) is 3.13. The third-order valence-electron chi connectivity index (χ3n) is 8.20. The molecule has 1 aromatic heterocycles. The number of rotatable bonds is 8. The highest BCUT2D eigenvalue weighted by molar-refractivity contribution is 5.99. The number of carbonyl (C=O) groups is 2. The molecule has 9 nitrogen and oxygen atoms in total. The number of piperidine rings is 1. The number of nitrogens with zero attached hydrogens (tertiary/aromatic N) is 3. The van der Waals surface area contributed by atoms with Crippen LogP contribution in [0, 0.1) is 6.92 Å². The van der Waals surface area contributed by atoms with Gasteiger partial charge in [0.2, 0.25) is 0 Å². The van der Waals surface area contributed by atoms with Gasteiger partial charge in [-0.15, -0.1) is 0 Å². The number of likely N-dealkylation sites (tertiary alicyclic amines) is 1. The molecule has 1 unspecified atom stereocenters. The first-order chi connectivity index (χ1) is 21.6. The van der Waals surface area contributed by atoms with E-state index in [0.29, 0.717) is 35.1 Å². The van der Waals surface area contributed by atoms with Crippen molar-refractivity contribution >= 4 is 23.4 Å². The first kappa shape index (κ1) is 31.6. The molecule has 0 radical (unpaired) electrons. The van der Waals surface area contributed by atoms with Crippen molar-refractivity contribution in [1.29, 1.82) is 0 Å². The van der Waals surface area contributed by atoms with Crippen molar-refractivity contribution in [3.63, 3.8) is 0 Å². The molecule has 2 N–H and O–H groups in total. The number of methoxy groups -OCH3 is 2. The Morgan fingerprint density at radius 3 is 2.33 bits per heavy atom. The van der Waals surface area contributed by atoms with E-state index in [1.807, 2.05) is 72.5 Å². The van der Waals surface area contributed by atoms with Crippen LogP contribution >= 0.6 is 0 Å². The van der Waals surface area contributed by atoms with Crippen molar-refractivity contribution in [2.45, 2.75) is 64.8 Å². The van der Waals surface area contributed by atoms with Gasteiger partial charge in [0.15, 0.2) is 11.5 Å². The molecule has 5 rings (SSSR count). The fourth-order valence-electron chi connectivity index (χ4n) is 5.68. The molecule has 9 heteroatoms. The standard InChI is InChI=1S/C36H43N5O4/c1-24-13-19-27(20-14-24)41-32(23-31(39-41)36(2,3)4)38-35(43)37-26-17-15-25(16-18-26)22-28-10-7-8-21-40(28)34(42)29-11-9-12-30(44-5)33(29)45-6/h9,11-20,23,28H,7-8,10,21-22H2,1-6H3,(H2,37,38,43). The third-order valence-corrected chi connectivity index (χ3v) is 8.20. The van der Waals surface area contributed by atoms with Crippen molar-refractivity contribution in [2.75, 3.05) is 31.4 Å². The molecular weight excluding hydrogens is 566 g/mol. The van der Waals surface area contributed by atoms with Crippen LogP contribution in [0.5, 0.6) is 11.5 Å². The lowest BCUT2D eigenvalue weighted by molar-refractivity contribution is 0.0609. The third kappa shape index (κ3) is 7.30. The highest BCUT2D eigenvalue weighted by Crippen LogP contribution is 2.33. The quantitative estimate of drug-likeness (QED) is 0.217. The number of hydrogen-bond acceptors (Lipinski definition) is 5. The number of hydrogen-bond donors (Lipinski definition) is 2. The lowest BCUT2D eigenvalue weighted by Crippen LogP contribution is -2.45. The number of urea groups is 1. The summed E-state index contributed by atoms with van der Waals surface area (Å²) >= 11 is 0. The zero-order valence-corrected chi connectivity index (χ0v) is 27.0. The molecule has 3 aromatic carbocycles.